The van der Waals surface area contributed by atoms with E-state index in [9.17, 15) is 4.79 Å². The molecule has 3 N–H and O–H groups in total. The van der Waals surface area contributed by atoms with Crippen molar-refractivity contribution in [3.8, 4) is 11.5 Å². The van der Waals surface area contributed by atoms with E-state index in [4.69, 9.17) is 15.2 Å². The molecule has 0 aromatic heterocycles. The number of halogens is 1. The molecule has 0 saturated heterocycles. The lowest BCUT2D eigenvalue weighted by Crippen LogP contribution is -2.27. The number of carbonyl (C=O) groups is 1. The van der Waals surface area contributed by atoms with Gasteiger partial charge in [0.25, 0.3) is 0 Å². The maximum Gasteiger partial charge on any atom is 0.223 e. The summed E-state index contributed by atoms with van der Waals surface area (Å²) in [6, 6.07) is 7.25. The summed E-state index contributed by atoms with van der Waals surface area (Å²) in [5.74, 6) is 1.49. The van der Waals surface area contributed by atoms with Crippen LogP contribution in [0.5, 0.6) is 11.5 Å². The van der Waals surface area contributed by atoms with Crippen molar-refractivity contribution in [2.75, 3.05) is 26.8 Å². The molecule has 0 bridgehead atoms. The third kappa shape index (κ3) is 7.54. The van der Waals surface area contributed by atoms with Crippen LogP contribution in [0.1, 0.15) is 12.8 Å². The van der Waals surface area contributed by atoms with Crippen LogP contribution in [0.3, 0.4) is 0 Å². The van der Waals surface area contributed by atoms with Gasteiger partial charge in [0.1, 0.15) is 11.5 Å². The Morgan fingerprint density at radius 2 is 1.89 bits per heavy atom. The molecule has 108 valence electrons. The average Bonchev–Trinajstić information content (AvgIpc) is 2.40. The van der Waals surface area contributed by atoms with Crippen molar-refractivity contribution >= 4 is 18.3 Å². The van der Waals surface area contributed by atoms with Crippen molar-refractivity contribution < 1.29 is 14.3 Å². The highest BCUT2D eigenvalue weighted by molar-refractivity contribution is 5.85. The van der Waals surface area contributed by atoms with Crippen LogP contribution in [-0.4, -0.2) is 32.7 Å². The normalized spacial score (nSPS) is 9.37. The Labute approximate surface area is 119 Å². The number of hydrogen-bond donors (Lipinski definition) is 2. The van der Waals surface area contributed by atoms with Crippen molar-refractivity contribution in [3.63, 3.8) is 0 Å². The molecule has 6 heteroatoms. The van der Waals surface area contributed by atoms with E-state index in [-0.39, 0.29) is 18.3 Å². The Morgan fingerprint density at radius 1 is 1.26 bits per heavy atom. The quantitative estimate of drug-likeness (QED) is 0.708. The van der Waals surface area contributed by atoms with Crippen LogP contribution in [0.4, 0.5) is 0 Å². The van der Waals surface area contributed by atoms with Gasteiger partial charge in [-0.15, -0.1) is 12.4 Å². The lowest BCUT2D eigenvalue weighted by atomic mass is 10.3. The Bertz CT molecular complexity index is 357. The zero-order valence-corrected chi connectivity index (χ0v) is 11.9. The van der Waals surface area contributed by atoms with E-state index in [1.807, 2.05) is 24.3 Å². The maximum atomic E-state index is 11.4. The molecule has 5 nitrogen and oxygen atoms in total. The first-order valence-electron chi connectivity index (χ1n) is 6.00. The lowest BCUT2D eigenvalue weighted by Gasteiger charge is -2.07. The minimum atomic E-state index is -0.0167. The molecular formula is C13H21ClN2O3. The fraction of sp³-hybridized carbons (Fsp3) is 0.462. The Morgan fingerprint density at radius 3 is 2.47 bits per heavy atom. The number of methoxy groups -OCH3 is 1. The second-order valence-corrected chi connectivity index (χ2v) is 3.77. The summed E-state index contributed by atoms with van der Waals surface area (Å²) in [6.07, 6.45) is 1.14. The molecule has 0 fully saturated rings. The number of nitrogens with two attached hydrogens (primary N) is 1. The summed E-state index contributed by atoms with van der Waals surface area (Å²) < 4.78 is 10.5. The first-order chi connectivity index (χ1) is 8.76. The molecule has 0 saturated carbocycles. The van der Waals surface area contributed by atoms with Gasteiger partial charge in [-0.3, -0.25) is 4.79 Å². The molecule has 0 aliphatic carbocycles. The predicted octanol–water partition coefficient (Wildman–Crippen LogP) is 1.35. The van der Waals surface area contributed by atoms with Gasteiger partial charge in [0.05, 0.1) is 20.1 Å². The number of ether oxygens (including phenoxy) is 2. The minimum absolute atomic E-state index is 0. The smallest absolute Gasteiger partial charge is 0.223 e. The summed E-state index contributed by atoms with van der Waals surface area (Å²) in [5, 5.41) is 2.77. The van der Waals surface area contributed by atoms with E-state index in [0.29, 0.717) is 26.1 Å². The summed E-state index contributed by atoms with van der Waals surface area (Å²) in [6.45, 7) is 1.57. The summed E-state index contributed by atoms with van der Waals surface area (Å²) >= 11 is 0. The van der Waals surface area contributed by atoms with Crippen LogP contribution in [-0.2, 0) is 4.79 Å². The highest BCUT2D eigenvalue weighted by Gasteiger charge is 2.01. The van der Waals surface area contributed by atoms with Gasteiger partial charge in [-0.25, -0.2) is 0 Å². The fourth-order valence-electron chi connectivity index (χ4n) is 1.35. The zero-order chi connectivity index (χ0) is 13.2. The highest BCUT2D eigenvalue weighted by Crippen LogP contribution is 2.16. The molecule has 1 aromatic carbocycles. The van der Waals surface area contributed by atoms with Crippen LogP contribution >= 0.6 is 12.4 Å². The van der Waals surface area contributed by atoms with Crippen molar-refractivity contribution in [1.82, 2.24) is 5.32 Å². The Hall–Kier alpha value is -1.46. The molecule has 0 spiro atoms. The number of carbonyl (C=O) groups excluding carboxylic acids is 1. The van der Waals surface area contributed by atoms with E-state index in [2.05, 4.69) is 5.32 Å². The van der Waals surface area contributed by atoms with Gasteiger partial charge >= 0.3 is 0 Å². The van der Waals surface area contributed by atoms with Gasteiger partial charge in [0.15, 0.2) is 0 Å². The minimum Gasteiger partial charge on any atom is -0.497 e. The molecule has 1 amide bonds. The average molecular weight is 289 g/mol. The molecule has 0 aliphatic heterocycles. The SMILES string of the molecule is COc1ccc(OCCC(=O)NCCCN)cc1.Cl. The number of nitrogens with one attached hydrogen (secondary N) is 1. The molecule has 1 rings (SSSR count). The van der Waals surface area contributed by atoms with Gasteiger partial charge in [0.2, 0.25) is 5.91 Å². The number of benzene rings is 1. The van der Waals surface area contributed by atoms with Crippen molar-refractivity contribution in [3.05, 3.63) is 24.3 Å². The molecule has 0 radical (unpaired) electrons. The third-order valence-corrected chi connectivity index (χ3v) is 2.36. The Kier molecular flexibility index (Phi) is 9.66. The van der Waals surface area contributed by atoms with Crippen LogP contribution in [0, 0.1) is 0 Å². The fourth-order valence-corrected chi connectivity index (χ4v) is 1.35. The number of rotatable bonds is 8. The van der Waals surface area contributed by atoms with Gasteiger partial charge in [-0.05, 0) is 37.2 Å². The maximum absolute atomic E-state index is 11.4. The molecule has 1 aromatic rings. The predicted molar refractivity (Wildman–Crippen MR) is 77.0 cm³/mol. The second-order valence-electron chi connectivity index (χ2n) is 3.77. The van der Waals surface area contributed by atoms with Crippen LogP contribution in [0.25, 0.3) is 0 Å². The van der Waals surface area contributed by atoms with Crippen LogP contribution in [0.2, 0.25) is 0 Å². The molecule has 0 atom stereocenters. The summed E-state index contributed by atoms with van der Waals surface area (Å²) in [7, 11) is 1.61. The first-order valence-corrected chi connectivity index (χ1v) is 6.00. The van der Waals surface area contributed by atoms with E-state index in [0.717, 1.165) is 17.9 Å². The topological polar surface area (TPSA) is 73.6 Å². The number of hydrogen-bond acceptors (Lipinski definition) is 4. The standard InChI is InChI=1S/C13H20N2O3.ClH/c1-17-11-3-5-12(6-4-11)18-10-7-13(16)15-9-2-8-14;/h3-6H,2,7-10,14H2,1H3,(H,15,16);1H. The van der Waals surface area contributed by atoms with Crippen molar-refractivity contribution in [1.29, 1.82) is 0 Å². The highest BCUT2D eigenvalue weighted by atomic mass is 35.5. The van der Waals surface area contributed by atoms with Crippen LogP contribution < -0.4 is 20.5 Å². The first kappa shape index (κ1) is 17.5. The second kappa shape index (κ2) is 10.5. The van der Waals surface area contributed by atoms with Crippen LogP contribution in [0.15, 0.2) is 24.3 Å². The van der Waals surface area contributed by atoms with E-state index in [1.165, 1.54) is 0 Å². The molecular weight excluding hydrogens is 268 g/mol. The van der Waals surface area contributed by atoms with E-state index < -0.39 is 0 Å². The third-order valence-electron chi connectivity index (χ3n) is 2.36. The van der Waals surface area contributed by atoms with Gasteiger partial charge in [0, 0.05) is 6.54 Å². The lowest BCUT2D eigenvalue weighted by molar-refractivity contribution is -0.121. The zero-order valence-electron chi connectivity index (χ0n) is 11.1. The van der Waals surface area contributed by atoms with Gasteiger partial charge < -0.3 is 20.5 Å². The van der Waals surface area contributed by atoms with E-state index >= 15 is 0 Å². The number of amides is 1. The molecule has 0 unspecified atom stereocenters. The summed E-state index contributed by atoms with van der Waals surface area (Å²) in [5.41, 5.74) is 5.33. The molecule has 19 heavy (non-hydrogen) atoms. The van der Waals surface area contributed by atoms with Gasteiger partial charge in [-0.2, -0.15) is 0 Å². The van der Waals surface area contributed by atoms with Gasteiger partial charge in [-0.1, -0.05) is 0 Å². The molecule has 0 heterocycles. The van der Waals surface area contributed by atoms with Crippen molar-refractivity contribution in [2.24, 2.45) is 5.73 Å². The van der Waals surface area contributed by atoms with Crippen molar-refractivity contribution in [2.45, 2.75) is 12.8 Å². The Balaban J connectivity index is 0.00000324. The van der Waals surface area contributed by atoms with E-state index in [1.54, 1.807) is 7.11 Å². The monoisotopic (exact) mass is 288 g/mol. The molecule has 0 aliphatic rings. The summed E-state index contributed by atoms with van der Waals surface area (Å²) in [4.78, 5) is 11.4. The largest absolute Gasteiger partial charge is 0.497 e.